The monoisotopic (exact) mass is 378 g/mol. The number of likely N-dealkylation sites (N-methyl/N-ethyl adjacent to an activating group) is 1. The van der Waals surface area contributed by atoms with Crippen molar-refractivity contribution in [1.29, 1.82) is 0 Å². The molecule has 2 aromatic carbocycles. The van der Waals surface area contributed by atoms with E-state index in [-0.39, 0.29) is 17.8 Å². The number of halogens is 2. The van der Waals surface area contributed by atoms with Crippen molar-refractivity contribution in [2.45, 2.75) is 19.5 Å². The Kier molecular flexibility index (Phi) is 6.30. The van der Waals surface area contributed by atoms with Gasteiger partial charge in [-0.3, -0.25) is 9.69 Å². The summed E-state index contributed by atoms with van der Waals surface area (Å²) >= 11 is 3.40. The molecule has 2 aromatic rings. The molecule has 1 N–H and O–H groups in total. The van der Waals surface area contributed by atoms with Gasteiger partial charge < -0.3 is 5.32 Å². The van der Waals surface area contributed by atoms with Gasteiger partial charge in [-0.1, -0.05) is 40.2 Å². The Hall–Kier alpha value is -1.72. The largest absolute Gasteiger partial charge is 0.348 e. The Morgan fingerprint density at radius 2 is 1.78 bits per heavy atom. The van der Waals surface area contributed by atoms with Gasteiger partial charge in [0.2, 0.25) is 5.91 Å². The van der Waals surface area contributed by atoms with Crippen molar-refractivity contribution in [2.24, 2.45) is 0 Å². The predicted molar refractivity (Wildman–Crippen MR) is 93.4 cm³/mol. The Balaban J connectivity index is 1.83. The number of amides is 1. The Morgan fingerprint density at radius 3 is 2.39 bits per heavy atom. The molecule has 23 heavy (non-hydrogen) atoms. The lowest BCUT2D eigenvalue weighted by molar-refractivity contribution is -0.122. The van der Waals surface area contributed by atoms with Crippen LogP contribution in [0, 0.1) is 5.82 Å². The van der Waals surface area contributed by atoms with E-state index < -0.39 is 0 Å². The van der Waals surface area contributed by atoms with Gasteiger partial charge >= 0.3 is 0 Å². The summed E-state index contributed by atoms with van der Waals surface area (Å²) in [6.45, 7) is 2.90. The van der Waals surface area contributed by atoms with Gasteiger partial charge in [0.1, 0.15) is 5.82 Å². The molecule has 0 fully saturated rings. The fourth-order valence-electron chi connectivity index (χ4n) is 2.32. The number of benzene rings is 2. The van der Waals surface area contributed by atoms with Crippen LogP contribution in [-0.4, -0.2) is 24.4 Å². The van der Waals surface area contributed by atoms with Crippen LogP contribution in [0.2, 0.25) is 0 Å². The molecule has 0 saturated carbocycles. The minimum Gasteiger partial charge on any atom is -0.348 e. The average Bonchev–Trinajstić information content (AvgIpc) is 2.50. The molecule has 1 unspecified atom stereocenters. The summed E-state index contributed by atoms with van der Waals surface area (Å²) in [5, 5.41) is 2.93. The number of nitrogens with one attached hydrogen (secondary N) is 1. The lowest BCUT2D eigenvalue weighted by Gasteiger charge is -2.19. The molecular formula is C18H20BrFN2O. The second-order valence-corrected chi connectivity index (χ2v) is 6.56. The molecule has 0 bridgehead atoms. The quantitative estimate of drug-likeness (QED) is 0.826. The van der Waals surface area contributed by atoms with E-state index in [9.17, 15) is 9.18 Å². The zero-order chi connectivity index (χ0) is 16.8. The number of carbonyl (C=O) groups excluding carboxylic acids is 1. The van der Waals surface area contributed by atoms with Gasteiger partial charge in [0.15, 0.2) is 0 Å². The van der Waals surface area contributed by atoms with E-state index in [1.54, 1.807) is 12.1 Å². The molecule has 1 atom stereocenters. The van der Waals surface area contributed by atoms with E-state index in [0.717, 1.165) is 15.6 Å². The van der Waals surface area contributed by atoms with Gasteiger partial charge in [0, 0.05) is 11.0 Å². The summed E-state index contributed by atoms with van der Waals surface area (Å²) in [5.74, 6) is -0.331. The Labute approximate surface area is 144 Å². The van der Waals surface area contributed by atoms with E-state index >= 15 is 0 Å². The van der Waals surface area contributed by atoms with Gasteiger partial charge in [-0.25, -0.2) is 4.39 Å². The first kappa shape index (κ1) is 17.6. The highest BCUT2D eigenvalue weighted by atomic mass is 79.9. The molecule has 0 saturated heterocycles. The van der Waals surface area contributed by atoms with Crippen molar-refractivity contribution >= 4 is 21.8 Å². The smallest absolute Gasteiger partial charge is 0.234 e. The highest BCUT2D eigenvalue weighted by molar-refractivity contribution is 9.10. The fourth-order valence-corrected chi connectivity index (χ4v) is 2.59. The summed E-state index contributed by atoms with van der Waals surface area (Å²) in [6, 6.07) is 14.1. The van der Waals surface area contributed by atoms with Crippen LogP contribution in [0.1, 0.15) is 24.1 Å². The lowest BCUT2D eigenvalue weighted by Crippen LogP contribution is -2.36. The number of rotatable bonds is 6. The van der Waals surface area contributed by atoms with Gasteiger partial charge in [-0.15, -0.1) is 0 Å². The molecule has 122 valence electrons. The van der Waals surface area contributed by atoms with Crippen molar-refractivity contribution in [2.75, 3.05) is 13.6 Å². The topological polar surface area (TPSA) is 32.3 Å². The van der Waals surface area contributed by atoms with E-state index in [0.29, 0.717) is 13.1 Å². The van der Waals surface area contributed by atoms with Crippen LogP contribution < -0.4 is 5.32 Å². The molecule has 0 heterocycles. The first-order valence-corrected chi connectivity index (χ1v) is 8.21. The first-order chi connectivity index (χ1) is 10.9. The summed E-state index contributed by atoms with van der Waals surface area (Å²) in [5.41, 5.74) is 2.03. The van der Waals surface area contributed by atoms with Gasteiger partial charge in [0.25, 0.3) is 0 Å². The fraction of sp³-hybridized carbons (Fsp3) is 0.278. The summed E-state index contributed by atoms with van der Waals surface area (Å²) < 4.78 is 14.0. The van der Waals surface area contributed by atoms with E-state index in [2.05, 4.69) is 21.2 Å². The third kappa shape index (κ3) is 5.77. The summed E-state index contributed by atoms with van der Waals surface area (Å²) in [6.07, 6.45) is 0. The number of nitrogens with zero attached hydrogens (tertiary/aromatic N) is 1. The number of carbonyl (C=O) groups is 1. The maximum absolute atomic E-state index is 12.9. The maximum Gasteiger partial charge on any atom is 0.234 e. The normalized spacial score (nSPS) is 12.2. The van der Waals surface area contributed by atoms with Crippen molar-refractivity contribution in [3.8, 4) is 0 Å². The zero-order valence-corrected chi connectivity index (χ0v) is 14.8. The number of hydrogen-bond donors (Lipinski definition) is 1. The lowest BCUT2D eigenvalue weighted by atomic mass is 10.1. The molecule has 2 rings (SSSR count). The minimum absolute atomic E-state index is 0.0542. The second-order valence-electron chi connectivity index (χ2n) is 5.64. The molecule has 0 aromatic heterocycles. The molecule has 3 nitrogen and oxygen atoms in total. The van der Waals surface area contributed by atoms with Crippen molar-refractivity contribution in [3.05, 3.63) is 69.9 Å². The Bertz CT molecular complexity index is 643. The average molecular weight is 379 g/mol. The molecule has 0 spiro atoms. The van der Waals surface area contributed by atoms with Crippen molar-refractivity contribution < 1.29 is 9.18 Å². The molecule has 1 amide bonds. The Morgan fingerprint density at radius 1 is 1.17 bits per heavy atom. The van der Waals surface area contributed by atoms with Crippen LogP contribution in [0.5, 0.6) is 0 Å². The first-order valence-electron chi connectivity index (χ1n) is 7.42. The molecule has 0 aliphatic rings. The molecule has 0 radical (unpaired) electrons. The zero-order valence-electron chi connectivity index (χ0n) is 13.2. The van der Waals surface area contributed by atoms with Gasteiger partial charge in [-0.05, 0) is 49.4 Å². The molecule has 0 aliphatic heterocycles. The van der Waals surface area contributed by atoms with Crippen LogP contribution in [0.3, 0.4) is 0 Å². The van der Waals surface area contributed by atoms with Gasteiger partial charge in [-0.2, -0.15) is 0 Å². The van der Waals surface area contributed by atoms with Crippen LogP contribution in [0.25, 0.3) is 0 Å². The van der Waals surface area contributed by atoms with Crippen LogP contribution in [0.4, 0.5) is 4.39 Å². The molecule has 0 aliphatic carbocycles. The van der Waals surface area contributed by atoms with Crippen LogP contribution in [0.15, 0.2) is 53.0 Å². The molecular weight excluding hydrogens is 359 g/mol. The van der Waals surface area contributed by atoms with E-state index in [1.165, 1.54) is 12.1 Å². The highest BCUT2D eigenvalue weighted by Gasteiger charge is 2.12. The third-order valence-corrected chi connectivity index (χ3v) is 4.06. The van der Waals surface area contributed by atoms with E-state index in [1.807, 2.05) is 43.1 Å². The number of hydrogen-bond acceptors (Lipinski definition) is 2. The molecule has 5 heteroatoms. The van der Waals surface area contributed by atoms with Crippen LogP contribution in [-0.2, 0) is 11.3 Å². The van der Waals surface area contributed by atoms with Gasteiger partial charge in [0.05, 0.1) is 12.6 Å². The highest BCUT2D eigenvalue weighted by Crippen LogP contribution is 2.13. The summed E-state index contributed by atoms with van der Waals surface area (Å²) in [7, 11) is 1.91. The maximum atomic E-state index is 12.9. The van der Waals surface area contributed by atoms with E-state index in [4.69, 9.17) is 0 Å². The standard InChI is InChI=1S/C18H20BrFN2O/c1-13(15-5-9-17(20)10-6-15)21-18(23)12-22(2)11-14-3-7-16(19)8-4-14/h3-10,13H,11-12H2,1-2H3,(H,21,23). The predicted octanol–water partition coefficient (Wildman–Crippen LogP) is 3.90. The van der Waals surface area contributed by atoms with Crippen LogP contribution >= 0.6 is 15.9 Å². The second kappa shape index (κ2) is 8.22. The van der Waals surface area contributed by atoms with Crippen molar-refractivity contribution in [1.82, 2.24) is 10.2 Å². The third-order valence-electron chi connectivity index (χ3n) is 3.53. The van der Waals surface area contributed by atoms with Crippen molar-refractivity contribution in [3.63, 3.8) is 0 Å². The SMILES string of the molecule is CC(NC(=O)CN(C)Cc1ccc(Br)cc1)c1ccc(F)cc1. The minimum atomic E-state index is -0.276. The summed E-state index contributed by atoms with van der Waals surface area (Å²) in [4.78, 5) is 14.1.